The molecule has 0 spiro atoms. The molecule has 2 aromatic heterocycles. The van der Waals surface area contributed by atoms with E-state index in [1.54, 1.807) is 17.0 Å². The molecule has 2 amide bonds. The maximum atomic E-state index is 13.6. The maximum absolute atomic E-state index is 13.6. The molecule has 2 fully saturated rings. The van der Waals surface area contributed by atoms with E-state index in [0.717, 1.165) is 0 Å². The van der Waals surface area contributed by atoms with E-state index < -0.39 is 12.0 Å². The number of H-pyrrole nitrogens is 1. The summed E-state index contributed by atoms with van der Waals surface area (Å²) in [6.07, 6.45) is 2.99. The molecule has 2 aromatic rings. The van der Waals surface area contributed by atoms with Gasteiger partial charge in [0.15, 0.2) is 5.69 Å². The molecule has 1 unspecified atom stereocenters. The van der Waals surface area contributed by atoms with Crippen molar-refractivity contribution in [2.24, 2.45) is 5.92 Å². The quantitative estimate of drug-likeness (QED) is 0.678. The molecule has 1 aliphatic heterocycles. The Morgan fingerprint density at radius 1 is 1.27 bits per heavy atom. The zero-order valence-corrected chi connectivity index (χ0v) is 19.0. The number of amides is 2. The third-order valence-corrected chi connectivity index (χ3v) is 6.57. The van der Waals surface area contributed by atoms with Crippen LogP contribution >= 0.6 is 11.6 Å². The first-order chi connectivity index (χ1) is 15.8. The fourth-order valence-electron chi connectivity index (χ4n) is 4.43. The molecular formula is C22H26ClF2N5O3. The van der Waals surface area contributed by atoms with Crippen LogP contribution in [0.2, 0.25) is 5.02 Å². The summed E-state index contributed by atoms with van der Waals surface area (Å²) in [6.45, 7) is 0.785. The summed E-state index contributed by atoms with van der Waals surface area (Å²) in [4.78, 5) is 31.1. The first kappa shape index (κ1) is 23.4. The van der Waals surface area contributed by atoms with Crippen LogP contribution in [0.15, 0.2) is 18.3 Å². The highest BCUT2D eigenvalue weighted by Gasteiger charge is 2.38. The Morgan fingerprint density at radius 3 is 2.73 bits per heavy atom. The van der Waals surface area contributed by atoms with Gasteiger partial charge in [0.2, 0.25) is 17.7 Å². The second-order valence-electron chi connectivity index (χ2n) is 8.60. The monoisotopic (exact) mass is 481 g/mol. The SMILES string of the molecule is COc1cc(-c2cc(C(=O)N3CCC(C(=O)NC4CCCC(F)(F)C4)CC3)n[nH]2)c(Cl)cn1. The number of aromatic nitrogens is 3. The zero-order chi connectivity index (χ0) is 23.6. The Balaban J connectivity index is 1.33. The summed E-state index contributed by atoms with van der Waals surface area (Å²) in [7, 11) is 1.50. The van der Waals surface area contributed by atoms with Crippen LogP contribution in [0.3, 0.4) is 0 Å². The van der Waals surface area contributed by atoms with Crippen molar-refractivity contribution in [3.8, 4) is 17.1 Å². The number of hydrogen-bond acceptors (Lipinski definition) is 5. The molecule has 1 aliphatic carbocycles. The van der Waals surface area contributed by atoms with E-state index in [2.05, 4.69) is 20.5 Å². The molecule has 4 rings (SSSR count). The number of carbonyl (C=O) groups excluding carboxylic acids is 2. The Labute approximate surface area is 195 Å². The summed E-state index contributed by atoms with van der Waals surface area (Å²) < 4.78 is 32.3. The van der Waals surface area contributed by atoms with E-state index in [1.165, 1.54) is 13.3 Å². The van der Waals surface area contributed by atoms with Crippen LogP contribution in [0.4, 0.5) is 8.78 Å². The lowest BCUT2D eigenvalue weighted by Gasteiger charge is -2.33. The van der Waals surface area contributed by atoms with Gasteiger partial charge in [-0.1, -0.05) is 11.6 Å². The number of nitrogens with zero attached hydrogens (tertiary/aromatic N) is 3. The van der Waals surface area contributed by atoms with Gasteiger partial charge in [-0.3, -0.25) is 14.7 Å². The van der Waals surface area contributed by atoms with Crippen LogP contribution in [0, 0.1) is 5.92 Å². The largest absolute Gasteiger partial charge is 0.481 e. The van der Waals surface area contributed by atoms with Crippen LogP contribution in [-0.2, 0) is 4.79 Å². The standard InChI is InChI=1S/C22H26ClF2N5O3/c1-33-19-9-15(16(23)12-26-19)17-10-18(29-28-17)21(32)30-7-4-13(5-8-30)20(31)27-14-3-2-6-22(24,25)11-14/h9-10,12-14H,2-8,11H2,1H3,(H,27,31)(H,28,29). The lowest BCUT2D eigenvalue weighted by atomic mass is 9.90. The van der Waals surface area contributed by atoms with Crippen LogP contribution < -0.4 is 10.1 Å². The normalized spacial score (nSPS) is 21.0. The van der Waals surface area contributed by atoms with E-state index in [-0.39, 0.29) is 36.3 Å². The number of likely N-dealkylation sites (tertiary alicyclic amines) is 1. The minimum absolute atomic E-state index is 0.115. The Morgan fingerprint density at radius 2 is 2.03 bits per heavy atom. The van der Waals surface area contributed by atoms with Crippen LogP contribution in [-0.4, -0.2) is 64.1 Å². The number of methoxy groups -OCH3 is 1. The van der Waals surface area contributed by atoms with Crippen LogP contribution in [0.1, 0.15) is 49.0 Å². The van der Waals surface area contributed by atoms with Crippen molar-refractivity contribution < 1.29 is 23.1 Å². The predicted octanol–water partition coefficient (Wildman–Crippen LogP) is 3.68. The molecule has 3 heterocycles. The molecule has 2 N–H and O–H groups in total. The zero-order valence-electron chi connectivity index (χ0n) is 18.2. The molecular weight excluding hydrogens is 456 g/mol. The lowest BCUT2D eigenvalue weighted by Crippen LogP contribution is -2.47. The first-order valence-corrected chi connectivity index (χ1v) is 11.4. The second kappa shape index (κ2) is 9.62. The number of halogens is 3. The molecule has 1 saturated carbocycles. The molecule has 33 heavy (non-hydrogen) atoms. The summed E-state index contributed by atoms with van der Waals surface area (Å²) in [6, 6.07) is 2.78. The summed E-state index contributed by atoms with van der Waals surface area (Å²) >= 11 is 6.22. The average Bonchev–Trinajstić information content (AvgIpc) is 3.28. The number of hydrogen-bond donors (Lipinski definition) is 2. The van der Waals surface area contributed by atoms with Gasteiger partial charge in [-0.15, -0.1) is 0 Å². The van der Waals surface area contributed by atoms with Gasteiger partial charge in [-0.25, -0.2) is 13.8 Å². The molecule has 0 bridgehead atoms. The van der Waals surface area contributed by atoms with Gasteiger partial charge in [-0.05, 0) is 31.7 Å². The van der Waals surface area contributed by atoms with Gasteiger partial charge in [-0.2, -0.15) is 5.10 Å². The van der Waals surface area contributed by atoms with Crippen LogP contribution in [0.25, 0.3) is 11.3 Å². The highest BCUT2D eigenvalue weighted by Crippen LogP contribution is 2.33. The van der Waals surface area contributed by atoms with E-state index in [0.29, 0.717) is 60.9 Å². The first-order valence-electron chi connectivity index (χ1n) is 11.0. The van der Waals surface area contributed by atoms with Gasteiger partial charge >= 0.3 is 0 Å². The van der Waals surface area contributed by atoms with Crippen molar-refractivity contribution in [2.75, 3.05) is 20.2 Å². The minimum Gasteiger partial charge on any atom is -0.481 e. The number of aromatic amines is 1. The fraction of sp³-hybridized carbons (Fsp3) is 0.545. The average molecular weight is 482 g/mol. The Bertz CT molecular complexity index is 1020. The van der Waals surface area contributed by atoms with Crippen molar-refractivity contribution in [3.63, 3.8) is 0 Å². The van der Waals surface area contributed by atoms with E-state index in [9.17, 15) is 18.4 Å². The minimum atomic E-state index is -2.71. The molecule has 0 aromatic carbocycles. The van der Waals surface area contributed by atoms with Crippen molar-refractivity contribution >= 4 is 23.4 Å². The fourth-order valence-corrected chi connectivity index (χ4v) is 4.63. The van der Waals surface area contributed by atoms with E-state index in [1.807, 2.05) is 0 Å². The molecule has 178 valence electrons. The topological polar surface area (TPSA) is 100 Å². The number of piperidine rings is 1. The maximum Gasteiger partial charge on any atom is 0.274 e. The predicted molar refractivity (Wildman–Crippen MR) is 117 cm³/mol. The number of rotatable bonds is 5. The highest BCUT2D eigenvalue weighted by molar-refractivity contribution is 6.33. The Kier molecular flexibility index (Phi) is 6.83. The van der Waals surface area contributed by atoms with E-state index in [4.69, 9.17) is 16.3 Å². The second-order valence-corrected chi connectivity index (χ2v) is 9.00. The number of pyridine rings is 1. The summed E-state index contributed by atoms with van der Waals surface area (Å²) in [5, 5.41) is 10.1. The third-order valence-electron chi connectivity index (χ3n) is 6.27. The molecule has 11 heteroatoms. The molecule has 8 nitrogen and oxygen atoms in total. The van der Waals surface area contributed by atoms with Gasteiger partial charge in [0.05, 0.1) is 24.0 Å². The van der Waals surface area contributed by atoms with Crippen molar-refractivity contribution in [1.82, 2.24) is 25.4 Å². The van der Waals surface area contributed by atoms with Gasteiger partial charge in [0.1, 0.15) is 0 Å². The third kappa shape index (κ3) is 5.43. The number of alkyl halides is 2. The van der Waals surface area contributed by atoms with Crippen molar-refractivity contribution in [1.29, 1.82) is 0 Å². The molecule has 1 saturated heterocycles. The highest BCUT2D eigenvalue weighted by atomic mass is 35.5. The van der Waals surface area contributed by atoms with Crippen LogP contribution in [0.5, 0.6) is 5.88 Å². The van der Waals surface area contributed by atoms with Crippen molar-refractivity contribution in [3.05, 3.63) is 29.0 Å². The number of carbonyl (C=O) groups is 2. The number of nitrogens with one attached hydrogen (secondary N) is 2. The Hall–Kier alpha value is -2.75. The summed E-state index contributed by atoms with van der Waals surface area (Å²) in [5.74, 6) is -3.06. The molecule has 0 radical (unpaired) electrons. The molecule has 2 aliphatic rings. The van der Waals surface area contributed by atoms with E-state index >= 15 is 0 Å². The van der Waals surface area contributed by atoms with Gasteiger partial charge in [0, 0.05) is 49.5 Å². The van der Waals surface area contributed by atoms with Gasteiger partial charge in [0.25, 0.3) is 5.91 Å². The smallest absolute Gasteiger partial charge is 0.274 e. The lowest BCUT2D eigenvalue weighted by molar-refractivity contribution is -0.128. The van der Waals surface area contributed by atoms with Crippen molar-refractivity contribution in [2.45, 2.75) is 50.5 Å². The summed E-state index contributed by atoms with van der Waals surface area (Å²) in [5.41, 5.74) is 1.41. The number of ether oxygens (including phenoxy) is 1. The molecule has 1 atom stereocenters. The van der Waals surface area contributed by atoms with Gasteiger partial charge < -0.3 is 15.0 Å².